The minimum atomic E-state index is -0.479. The summed E-state index contributed by atoms with van der Waals surface area (Å²) in [4.78, 5) is 23.3. The monoisotopic (exact) mass is 304 g/mol. The van der Waals surface area contributed by atoms with Crippen molar-refractivity contribution in [1.29, 1.82) is 0 Å². The number of carbonyl (C=O) groups excluding carboxylic acids is 2. The smallest absolute Gasteiger partial charge is 0.287 e. The number of hydrogen-bond acceptors (Lipinski definition) is 3. The first kappa shape index (κ1) is 15.8. The van der Waals surface area contributed by atoms with E-state index in [2.05, 4.69) is 10.6 Å². The number of amides is 2. The highest BCUT2D eigenvalue weighted by Gasteiger charge is 2.13. The van der Waals surface area contributed by atoms with Crippen LogP contribution in [-0.2, 0) is 4.79 Å². The lowest BCUT2D eigenvalue weighted by molar-refractivity contribution is -0.120. The van der Waals surface area contributed by atoms with Gasteiger partial charge in [-0.1, -0.05) is 0 Å². The lowest BCUT2D eigenvalue weighted by Crippen LogP contribution is -2.39. The molecule has 5 nitrogen and oxygen atoms in total. The second kappa shape index (κ2) is 6.89. The molecule has 0 aliphatic rings. The molecule has 6 heteroatoms. The van der Waals surface area contributed by atoms with Gasteiger partial charge in [0.25, 0.3) is 5.91 Å². The van der Waals surface area contributed by atoms with E-state index in [9.17, 15) is 14.0 Å². The topological polar surface area (TPSA) is 71.3 Å². The van der Waals surface area contributed by atoms with E-state index in [4.69, 9.17) is 4.42 Å². The van der Waals surface area contributed by atoms with Gasteiger partial charge in [-0.25, -0.2) is 4.39 Å². The Morgan fingerprint density at radius 2 is 1.82 bits per heavy atom. The van der Waals surface area contributed by atoms with Gasteiger partial charge in [-0.05, 0) is 50.2 Å². The molecule has 2 aromatic rings. The molecule has 1 aromatic carbocycles. The number of rotatable bonds is 5. The molecule has 0 aliphatic heterocycles. The summed E-state index contributed by atoms with van der Waals surface area (Å²) in [6.45, 7) is 3.55. The number of hydrogen-bond donors (Lipinski definition) is 2. The molecule has 0 unspecified atom stereocenters. The van der Waals surface area contributed by atoms with Crippen LogP contribution in [0.15, 0.2) is 40.8 Å². The molecule has 22 heavy (non-hydrogen) atoms. The molecule has 0 spiro atoms. The predicted molar refractivity (Wildman–Crippen MR) is 79.7 cm³/mol. The van der Waals surface area contributed by atoms with Gasteiger partial charge in [0.15, 0.2) is 5.76 Å². The largest absolute Gasteiger partial charge is 0.451 e. The molecule has 0 aliphatic carbocycles. The van der Waals surface area contributed by atoms with Gasteiger partial charge >= 0.3 is 0 Å². The second-order valence-corrected chi connectivity index (χ2v) is 5.08. The first-order chi connectivity index (χ1) is 10.5. The summed E-state index contributed by atoms with van der Waals surface area (Å²) < 4.78 is 18.3. The highest BCUT2D eigenvalue weighted by molar-refractivity contribution is 5.94. The quantitative estimate of drug-likeness (QED) is 0.890. The summed E-state index contributed by atoms with van der Waals surface area (Å²) in [5.74, 6) is -0.543. The Balaban J connectivity index is 1.97. The predicted octanol–water partition coefficient (Wildman–Crippen LogP) is 2.34. The van der Waals surface area contributed by atoms with Crippen molar-refractivity contribution >= 4 is 11.8 Å². The van der Waals surface area contributed by atoms with E-state index >= 15 is 0 Å². The number of carbonyl (C=O) groups is 2. The third-order valence-corrected chi connectivity index (χ3v) is 2.82. The van der Waals surface area contributed by atoms with Crippen LogP contribution in [0.3, 0.4) is 0 Å². The van der Waals surface area contributed by atoms with Crippen LogP contribution in [0.2, 0.25) is 0 Å². The molecular weight excluding hydrogens is 287 g/mol. The van der Waals surface area contributed by atoms with E-state index in [0.29, 0.717) is 11.3 Å². The normalized spacial score (nSPS) is 10.5. The lowest BCUT2D eigenvalue weighted by atomic mass is 10.2. The van der Waals surface area contributed by atoms with E-state index < -0.39 is 5.91 Å². The van der Waals surface area contributed by atoms with Gasteiger partial charge < -0.3 is 15.1 Å². The fraction of sp³-hybridized carbons (Fsp3) is 0.250. The summed E-state index contributed by atoms with van der Waals surface area (Å²) in [6, 6.07) is 8.89. The molecule has 0 radical (unpaired) electrons. The number of benzene rings is 1. The molecule has 0 saturated carbocycles. The molecule has 2 N–H and O–H groups in total. The molecule has 0 saturated heterocycles. The zero-order valence-electron chi connectivity index (χ0n) is 12.4. The summed E-state index contributed by atoms with van der Waals surface area (Å²) >= 11 is 0. The van der Waals surface area contributed by atoms with E-state index in [-0.39, 0.29) is 30.1 Å². The fourth-order valence-corrected chi connectivity index (χ4v) is 1.85. The molecule has 0 bridgehead atoms. The Kier molecular flexibility index (Phi) is 4.93. The van der Waals surface area contributed by atoms with Crippen LogP contribution in [0, 0.1) is 5.82 Å². The van der Waals surface area contributed by atoms with Gasteiger partial charge in [0, 0.05) is 11.6 Å². The van der Waals surface area contributed by atoms with Gasteiger partial charge in [0.1, 0.15) is 11.6 Å². The minimum absolute atomic E-state index is 0.0121. The van der Waals surface area contributed by atoms with Crippen LogP contribution in [0.5, 0.6) is 0 Å². The van der Waals surface area contributed by atoms with Gasteiger partial charge in [-0.3, -0.25) is 9.59 Å². The summed E-state index contributed by atoms with van der Waals surface area (Å²) in [6.07, 6.45) is 0. The SMILES string of the molecule is CC(C)NC(=O)CNC(=O)c1ccc(-c2ccc(F)cc2)o1. The van der Waals surface area contributed by atoms with Crippen molar-refractivity contribution in [1.82, 2.24) is 10.6 Å². The molecule has 1 heterocycles. The Bertz CT molecular complexity index is 662. The van der Waals surface area contributed by atoms with Crippen LogP contribution in [0.4, 0.5) is 4.39 Å². The van der Waals surface area contributed by atoms with Crippen molar-refractivity contribution in [3.63, 3.8) is 0 Å². The summed E-state index contributed by atoms with van der Waals surface area (Å²) in [7, 11) is 0. The first-order valence-corrected chi connectivity index (χ1v) is 6.89. The third kappa shape index (κ3) is 4.18. The molecule has 0 fully saturated rings. The van der Waals surface area contributed by atoms with E-state index in [1.165, 1.54) is 18.2 Å². The van der Waals surface area contributed by atoms with Crippen LogP contribution in [0.25, 0.3) is 11.3 Å². The zero-order chi connectivity index (χ0) is 16.1. The minimum Gasteiger partial charge on any atom is -0.451 e. The van der Waals surface area contributed by atoms with Crippen molar-refractivity contribution < 1.29 is 18.4 Å². The highest BCUT2D eigenvalue weighted by atomic mass is 19.1. The molecule has 1 aromatic heterocycles. The van der Waals surface area contributed by atoms with Crippen molar-refractivity contribution in [3.8, 4) is 11.3 Å². The molecular formula is C16H17FN2O3. The summed E-state index contributed by atoms with van der Waals surface area (Å²) in [5.41, 5.74) is 0.665. The van der Waals surface area contributed by atoms with Crippen LogP contribution in [-0.4, -0.2) is 24.4 Å². The maximum absolute atomic E-state index is 12.9. The highest BCUT2D eigenvalue weighted by Crippen LogP contribution is 2.22. The summed E-state index contributed by atoms with van der Waals surface area (Å²) in [5, 5.41) is 5.14. The van der Waals surface area contributed by atoms with E-state index in [1.54, 1.807) is 18.2 Å². The first-order valence-electron chi connectivity index (χ1n) is 6.89. The second-order valence-electron chi connectivity index (χ2n) is 5.08. The molecule has 2 rings (SSSR count). The maximum atomic E-state index is 12.9. The van der Waals surface area contributed by atoms with Crippen LogP contribution >= 0.6 is 0 Å². The van der Waals surface area contributed by atoms with Gasteiger partial charge in [-0.2, -0.15) is 0 Å². The molecule has 116 valence electrons. The Morgan fingerprint density at radius 3 is 2.45 bits per heavy atom. The Hall–Kier alpha value is -2.63. The third-order valence-electron chi connectivity index (χ3n) is 2.82. The van der Waals surface area contributed by atoms with Gasteiger partial charge in [0.05, 0.1) is 6.54 Å². The van der Waals surface area contributed by atoms with Crippen molar-refractivity contribution in [3.05, 3.63) is 48.0 Å². The molecule has 2 amide bonds. The Morgan fingerprint density at radius 1 is 1.14 bits per heavy atom. The van der Waals surface area contributed by atoms with Gasteiger partial charge in [0.2, 0.25) is 5.91 Å². The van der Waals surface area contributed by atoms with E-state index in [1.807, 2.05) is 13.8 Å². The fourth-order valence-electron chi connectivity index (χ4n) is 1.85. The lowest BCUT2D eigenvalue weighted by Gasteiger charge is -2.08. The van der Waals surface area contributed by atoms with Crippen molar-refractivity contribution in [2.24, 2.45) is 0 Å². The van der Waals surface area contributed by atoms with Gasteiger partial charge in [-0.15, -0.1) is 0 Å². The Labute approximate surface area is 127 Å². The van der Waals surface area contributed by atoms with Crippen LogP contribution < -0.4 is 10.6 Å². The molecule has 0 atom stereocenters. The number of nitrogens with one attached hydrogen (secondary N) is 2. The average Bonchev–Trinajstić information content (AvgIpc) is 2.94. The van der Waals surface area contributed by atoms with Crippen molar-refractivity contribution in [2.75, 3.05) is 6.54 Å². The number of furan rings is 1. The van der Waals surface area contributed by atoms with Crippen LogP contribution in [0.1, 0.15) is 24.4 Å². The maximum Gasteiger partial charge on any atom is 0.287 e. The standard InChI is InChI=1S/C16H17FN2O3/c1-10(2)19-15(20)9-18-16(21)14-8-7-13(22-14)11-3-5-12(17)6-4-11/h3-8,10H,9H2,1-2H3,(H,18,21)(H,19,20). The number of halogens is 1. The van der Waals surface area contributed by atoms with E-state index in [0.717, 1.165) is 0 Å². The van der Waals surface area contributed by atoms with Crippen molar-refractivity contribution in [2.45, 2.75) is 19.9 Å². The zero-order valence-corrected chi connectivity index (χ0v) is 12.4. The average molecular weight is 304 g/mol.